The zero-order chi connectivity index (χ0) is 5.98. The normalized spacial score (nSPS) is 10.6. The standard InChI is InChI=1S/C5H5NO/c7-5-3-1-2-4-6-5/h1-4H,(H,6,7)/i3D. The van der Waals surface area contributed by atoms with Gasteiger partial charge in [-0.05, 0) is 6.07 Å². The van der Waals surface area contributed by atoms with Gasteiger partial charge >= 0.3 is 0 Å². The van der Waals surface area contributed by atoms with Crippen LogP contribution in [-0.2, 0) is 0 Å². The van der Waals surface area contributed by atoms with Crippen molar-refractivity contribution >= 4 is 0 Å². The average molecular weight is 96.1 g/mol. The molecule has 2 nitrogen and oxygen atoms in total. The Kier molecular flexibility index (Phi) is 0.689. The molecule has 36 valence electrons. The van der Waals surface area contributed by atoms with Crippen LogP contribution in [0.2, 0.25) is 0 Å². The molecule has 7 heavy (non-hydrogen) atoms. The van der Waals surface area contributed by atoms with Gasteiger partial charge in [-0.2, -0.15) is 0 Å². The Labute approximate surface area is 42.2 Å². The smallest absolute Gasteiger partial charge is 0.247 e. The molecule has 0 radical (unpaired) electrons. The second kappa shape index (κ2) is 1.60. The van der Waals surface area contributed by atoms with Crippen LogP contribution in [0.1, 0.15) is 1.37 Å². The van der Waals surface area contributed by atoms with Crippen LogP contribution in [0.4, 0.5) is 0 Å². The lowest BCUT2D eigenvalue weighted by molar-refractivity contribution is 1.24. The first kappa shape index (κ1) is 3.02. The zero-order valence-electron chi connectivity index (χ0n) is 4.64. The van der Waals surface area contributed by atoms with Crippen LogP contribution in [0.3, 0.4) is 0 Å². The molecule has 0 aliphatic rings. The number of rotatable bonds is 0. The second-order valence-electron chi connectivity index (χ2n) is 1.14. The van der Waals surface area contributed by atoms with E-state index in [1.165, 1.54) is 12.3 Å². The first-order valence-corrected chi connectivity index (χ1v) is 1.95. The van der Waals surface area contributed by atoms with Crippen LogP contribution in [0.5, 0.6) is 0 Å². The Morgan fingerprint density at radius 2 is 2.57 bits per heavy atom. The van der Waals surface area contributed by atoms with Crippen molar-refractivity contribution in [3.63, 3.8) is 0 Å². The number of nitrogens with one attached hydrogen (secondary N) is 1. The molecule has 0 saturated carbocycles. The summed E-state index contributed by atoms with van der Waals surface area (Å²) >= 11 is 0. The Balaban J connectivity index is 3.35. The third-order valence-corrected chi connectivity index (χ3v) is 0.621. The number of aromatic nitrogens is 1. The van der Waals surface area contributed by atoms with Crippen molar-refractivity contribution in [2.24, 2.45) is 0 Å². The van der Waals surface area contributed by atoms with E-state index in [1.54, 1.807) is 6.07 Å². The van der Waals surface area contributed by atoms with E-state index in [2.05, 4.69) is 4.98 Å². The summed E-state index contributed by atoms with van der Waals surface area (Å²) in [6, 6.07) is 3.07. The summed E-state index contributed by atoms with van der Waals surface area (Å²) in [7, 11) is 0. The van der Waals surface area contributed by atoms with E-state index in [-0.39, 0.29) is 11.6 Å². The Morgan fingerprint density at radius 1 is 1.71 bits per heavy atom. The van der Waals surface area contributed by atoms with Crippen molar-refractivity contribution < 1.29 is 1.37 Å². The monoisotopic (exact) mass is 96.0 g/mol. The van der Waals surface area contributed by atoms with E-state index in [9.17, 15) is 4.79 Å². The molecule has 0 aliphatic heterocycles. The number of hydrogen-bond acceptors (Lipinski definition) is 1. The lowest BCUT2D eigenvalue weighted by atomic mass is 10.5. The maximum atomic E-state index is 10.4. The van der Waals surface area contributed by atoms with Crippen molar-refractivity contribution in [1.82, 2.24) is 4.98 Å². The van der Waals surface area contributed by atoms with E-state index in [4.69, 9.17) is 1.37 Å². The summed E-state index contributed by atoms with van der Waals surface area (Å²) in [5, 5.41) is 0. The molecule has 1 rings (SSSR count). The molecule has 0 spiro atoms. The Morgan fingerprint density at radius 3 is 3.00 bits per heavy atom. The lowest BCUT2D eigenvalue weighted by Gasteiger charge is -1.73. The highest BCUT2D eigenvalue weighted by Gasteiger charge is 1.69. The fourth-order valence-electron chi connectivity index (χ4n) is 0.337. The van der Waals surface area contributed by atoms with Crippen molar-refractivity contribution in [3.05, 3.63) is 34.7 Å². The van der Waals surface area contributed by atoms with Crippen molar-refractivity contribution in [1.29, 1.82) is 0 Å². The largest absolute Gasteiger partial charge is 0.329 e. The molecule has 1 heterocycles. The zero-order valence-corrected chi connectivity index (χ0v) is 3.64. The maximum Gasteiger partial charge on any atom is 0.247 e. The summed E-state index contributed by atoms with van der Waals surface area (Å²) in [6.45, 7) is 0. The van der Waals surface area contributed by atoms with Crippen LogP contribution >= 0.6 is 0 Å². The van der Waals surface area contributed by atoms with Crippen molar-refractivity contribution in [2.75, 3.05) is 0 Å². The van der Waals surface area contributed by atoms with E-state index in [1.807, 2.05) is 0 Å². The molecule has 0 bridgehead atoms. The number of hydrogen-bond donors (Lipinski definition) is 1. The van der Waals surface area contributed by atoms with Crippen LogP contribution in [0, 0.1) is 0 Å². The van der Waals surface area contributed by atoms with Gasteiger partial charge in [0.15, 0.2) is 0 Å². The van der Waals surface area contributed by atoms with Crippen LogP contribution < -0.4 is 5.56 Å². The molecule has 0 unspecified atom stereocenters. The van der Waals surface area contributed by atoms with Crippen molar-refractivity contribution in [3.8, 4) is 0 Å². The summed E-state index contributed by atoms with van der Waals surface area (Å²) in [5.74, 6) is 0. The van der Waals surface area contributed by atoms with Gasteiger partial charge < -0.3 is 4.98 Å². The van der Waals surface area contributed by atoms with Gasteiger partial charge in [-0.15, -0.1) is 0 Å². The highest BCUT2D eigenvalue weighted by atomic mass is 16.1. The van der Waals surface area contributed by atoms with Crippen LogP contribution in [0.15, 0.2) is 29.2 Å². The summed E-state index contributed by atoms with van der Waals surface area (Å²) in [5.41, 5.74) is -0.340. The lowest BCUT2D eigenvalue weighted by Crippen LogP contribution is -1.98. The first-order chi connectivity index (χ1) is 3.80. The molecule has 0 atom stereocenters. The molecular weight excluding hydrogens is 90.1 g/mol. The predicted molar refractivity (Wildman–Crippen MR) is 27.1 cm³/mol. The van der Waals surface area contributed by atoms with Gasteiger partial charge in [0.05, 0.1) is 1.37 Å². The van der Waals surface area contributed by atoms with Crippen LogP contribution in [-0.4, -0.2) is 4.98 Å². The average Bonchev–Trinajstić information content (AvgIpc) is 1.77. The SMILES string of the molecule is [2H]c1ccc[nH]c1=O. The fraction of sp³-hybridized carbons (Fsp3) is 0. The van der Waals surface area contributed by atoms with E-state index in [0.29, 0.717) is 0 Å². The molecule has 1 aromatic heterocycles. The van der Waals surface area contributed by atoms with E-state index < -0.39 is 0 Å². The molecular formula is C5H5NO. The minimum Gasteiger partial charge on any atom is -0.329 e. The van der Waals surface area contributed by atoms with Crippen LogP contribution in [0.25, 0.3) is 0 Å². The molecule has 2 heteroatoms. The van der Waals surface area contributed by atoms with Crippen molar-refractivity contribution in [2.45, 2.75) is 0 Å². The minimum absolute atomic E-state index is 0.00694. The van der Waals surface area contributed by atoms with Gasteiger partial charge in [0.25, 0.3) is 0 Å². The molecule has 1 aromatic rings. The third kappa shape index (κ3) is 0.892. The van der Waals surface area contributed by atoms with Gasteiger partial charge in [-0.25, -0.2) is 0 Å². The minimum atomic E-state index is -0.340. The van der Waals surface area contributed by atoms with Gasteiger partial charge in [-0.3, -0.25) is 4.79 Å². The highest BCUT2D eigenvalue weighted by molar-refractivity contribution is 4.89. The number of H-pyrrole nitrogens is 1. The topological polar surface area (TPSA) is 32.9 Å². The summed E-state index contributed by atoms with van der Waals surface area (Å²) < 4.78 is 6.88. The Hall–Kier alpha value is -1.05. The third-order valence-electron chi connectivity index (χ3n) is 0.621. The molecule has 0 fully saturated rings. The molecule has 0 aliphatic carbocycles. The van der Waals surface area contributed by atoms with E-state index >= 15 is 0 Å². The Bertz CT molecular complexity index is 230. The van der Waals surface area contributed by atoms with Gasteiger partial charge in [0.1, 0.15) is 0 Å². The molecule has 0 aromatic carbocycles. The second-order valence-corrected chi connectivity index (χ2v) is 1.14. The first-order valence-electron chi connectivity index (χ1n) is 2.45. The van der Waals surface area contributed by atoms with Gasteiger partial charge in [0.2, 0.25) is 5.56 Å². The molecule has 0 amide bonds. The van der Waals surface area contributed by atoms with E-state index in [0.717, 1.165) is 0 Å². The highest BCUT2D eigenvalue weighted by Crippen LogP contribution is 1.67. The number of aromatic amines is 1. The molecule has 1 N–H and O–H groups in total. The predicted octanol–water partition coefficient (Wildman–Crippen LogP) is 0.375. The number of pyridine rings is 1. The summed E-state index contributed by atoms with van der Waals surface area (Å²) in [4.78, 5) is 12.7. The quantitative estimate of drug-likeness (QED) is 0.497. The van der Waals surface area contributed by atoms with Gasteiger partial charge in [0, 0.05) is 12.2 Å². The summed E-state index contributed by atoms with van der Waals surface area (Å²) in [6.07, 6.45) is 1.50. The fourth-order valence-corrected chi connectivity index (χ4v) is 0.337. The molecule has 0 saturated heterocycles. The maximum absolute atomic E-state index is 10.4. The van der Waals surface area contributed by atoms with Gasteiger partial charge in [-0.1, -0.05) is 6.07 Å².